The van der Waals surface area contributed by atoms with E-state index in [-0.39, 0.29) is 5.91 Å². The van der Waals surface area contributed by atoms with Crippen molar-refractivity contribution in [2.75, 3.05) is 44.2 Å². The van der Waals surface area contributed by atoms with E-state index in [1.54, 1.807) is 0 Å². The Kier molecular flexibility index (Phi) is 5.53. The molecule has 5 rings (SSSR count). The molecule has 0 bridgehead atoms. The van der Waals surface area contributed by atoms with Crippen LogP contribution < -0.4 is 15.0 Å². The topological polar surface area (TPSA) is 73.5 Å². The van der Waals surface area contributed by atoms with Crippen molar-refractivity contribution in [2.45, 2.75) is 6.61 Å². The normalized spacial score (nSPS) is 15.7. The number of hydrogen-bond donors (Lipinski definition) is 2. The van der Waals surface area contributed by atoms with E-state index in [2.05, 4.69) is 31.4 Å². The third-order valence-electron chi connectivity index (χ3n) is 5.87. The Balaban J connectivity index is 1.13. The largest absolute Gasteiger partial charge is 0.488 e. The van der Waals surface area contributed by atoms with Crippen molar-refractivity contribution in [3.63, 3.8) is 0 Å². The third kappa shape index (κ3) is 4.11. The highest BCUT2D eigenvalue weighted by atomic mass is 35.5. The van der Waals surface area contributed by atoms with E-state index >= 15 is 0 Å². The van der Waals surface area contributed by atoms with Crippen LogP contribution in [0.3, 0.4) is 0 Å². The monoisotopic (exact) mass is 437 g/mol. The molecule has 2 aromatic carbocycles. The number of piperazine rings is 1. The van der Waals surface area contributed by atoms with Crippen LogP contribution in [0, 0.1) is 0 Å². The van der Waals surface area contributed by atoms with Gasteiger partial charge in [-0.3, -0.25) is 14.8 Å². The second kappa shape index (κ2) is 8.61. The number of hydrogen-bond acceptors (Lipinski definition) is 5. The molecule has 8 heteroatoms. The molecule has 1 fully saturated rings. The number of amides is 1. The van der Waals surface area contributed by atoms with Crippen molar-refractivity contribution >= 4 is 23.2 Å². The number of aromatic nitrogens is 2. The summed E-state index contributed by atoms with van der Waals surface area (Å²) in [4.78, 5) is 17.4. The molecule has 0 atom stereocenters. The summed E-state index contributed by atoms with van der Waals surface area (Å²) >= 11 is 6.11. The lowest BCUT2D eigenvalue weighted by Crippen LogP contribution is -2.48. The maximum absolute atomic E-state index is 12.7. The minimum atomic E-state index is -0.144. The number of halogens is 1. The molecule has 0 radical (unpaired) electrons. The molecule has 2 N–H and O–H groups in total. The Morgan fingerprint density at radius 3 is 2.81 bits per heavy atom. The second-order valence-corrected chi connectivity index (χ2v) is 8.21. The van der Waals surface area contributed by atoms with Gasteiger partial charge in [-0.1, -0.05) is 29.8 Å². The number of carbonyl (C=O) groups is 1. The fourth-order valence-electron chi connectivity index (χ4n) is 4.17. The summed E-state index contributed by atoms with van der Waals surface area (Å²) < 4.78 is 5.79. The Morgan fingerprint density at radius 1 is 1.13 bits per heavy atom. The summed E-state index contributed by atoms with van der Waals surface area (Å²) in [5, 5.41) is 11.0. The third-order valence-corrected chi connectivity index (χ3v) is 6.10. The molecule has 2 aliphatic heterocycles. The zero-order chi connectivity index (χ0) is 21.2. The van der Waals surface area contributed by atoms with Gasteiger partial charge in [-0.2, -0.15) is 5.10 Å². The minimum Gasteiger partial charge on any atom is -0.488 e. The fourth-order valence-corrected chi connectivity index (χ4v) is 4.36. The molecule has 3 aromatic rings. The number of H-pyrrole nitrogens is 1. The quantitative estimate of drug-likeness (QED) is 0.641. The van der Waals surface area contributed by atoms with Crippen molar-refractivity contribution < 1.29 is 9.53 Å². The van der Waals surface area contributed by atoms with Crippen LogP contribution in [0.15, 0.2) is 48.5 Å². The first-order valence-corrected chi connectivity index (χ1v) is 10.9. The van der Waals surface area contributed by atoms with E-state index in [1.165, 1.54) is 0 Å². The predicted octanol–water partition coefficient (Wildman–Crippen LogP) is 3.17. The Bertz CT molecular complexity index is 1090. The van der Waals surface area contributed by atoms with E-state index in [0.717, 1.165) is 66.0 Å². The van der Waals surface area contributed by atoms with Gasteiger partial charge in [0.25, 0.3) is 5.91 Å². The van der Waals surface area contributed by atoms with Gasteiger partial charge in [0.1, 0.15) is 23.7 Å². The van der Waals surface area contributed by atoms with E-state index in [1.807, 2.05) is 42.5 Å². The molecule has 0 aliphatic carbocycles. The van der Waals surface area contributed by atoms with Crippen LogP contribution in [0.5, 0.6) is 5.75 Å². The van der Waals surface area contributed by atoms with Crippen LogP contribution >= 0.6 is 11.6 Å². The number of nitrogens with zero attached hydrogens (tertiary/aromatic N) is 3. The highest BCUT2D eigenvalue weighted by molar-refractivity contribution is 6.30. The van der Waals surface area contributed by atoms with Crippen molar-refractivity contribution in [1.29, 1.82) is 0 Å². The standard InChI is InChI=1S/C23H24ClN5O2/c24-16-4-3-5-17(14-16)29-12-10-28(11-13-29)9-8-25-23(30)22-19-15-31-20-7-2-1-6-18(20)21(19)26-27-22/h1-7,14H,8-13,15H2,(H,25,30)(H,26,27). The molecule has 160 valence electrons. The van der Waals surface area contributed by atoms with Gasteiger partial charge in [0.15, 0.2) is 0 Å². The lowest BCUT2D eigenvalue weighted by Gasteiger charge is -2.36. The lowest BCUT2D eigenvalue weighted by atomic mass is 10.0. The first-order chi connectivity index (χ1) is 15.2. The molecule has 7 nitrogen and oxygen atoms in total. The zero-order valence-electron chi connectivity index (χ0n) is 17.1. The SMILES string of the molecule is O=C(NCCN1CCN(c2cccc(Cl)c2)CC1)c1[nH]nc2c1COc1ccccc1-2. The lowest BCUT2D eigenvalue weighted by molar-refractivity contribution is 0.0940. The Morgan fingerprint density at radius 2 is 1.97 bits per heavy atom. The molecule has 0 unspecified atom stereocenters. The summed E-state index contributed by atoms with van der Waals surface area (Å²) in [5.41, 5.74) is 4.16. The van der Waals surface area contributed by atoms with Gasteiger partial charge >= 0.3 is 0 Å². The maximum Gasteiger partial charge on any atom is 0.269 e. The molecule has 1 saturated heterocycles. The van der Waals surface area contributed by atoms with Crippen LogP contribution in [-0.2, 0) is 6.61 Å². The molecular formula is C23H24ClN5O2. The van der Waals surface area contributed by atoms with Crippen LogP contribution in [0.4, 0.5) is 5.69 Å². The number of aromatic amines is 1. The number of ether oxygens (including phenoxy) is 1. The summed E-state index contributed by atoms with van der Waals surface area (Å²) in [6.45, 7) is 5.53. The minimum absolute atomic E-state index is 0.144. The number of benzene rings is 2. The van der Waals surface area contributed by atoms with E-state index < -0.39 is 0 Å². The Labute approximate surface area is 185 Å². The van der Waals surface area contributed by atoms with E-state index in [4.69, 9.17) is 16.3 Å². The molecule has 31 heavy (non-hydrogen) atoms. The fraction of sp³-hybridized carbons (Fsp3) is 0.304. The smallest absolute Gasteiger partial charge is 0.269 e. The summed E-state index contributed by atoms with van der Waals surface area (Å²) in [6.07, 6.45) is 0. The van der Waals surface area contributed by atoms with Crippen molar-refractivity contribution in [3.05, 3.63) is 64.8 Å². The number of carbonyl (C=O) groups excluding carboxylic acids is 1. The predicted molar refractivity (Wildman–Crippen MR) is 121 cm³/mol. The highest BCUT2D eigenvalue weighted by Gasteiger charge is 2.26. The van der Waals surface area contributed by atoms with Crippen LogP contribution in [-0.4, -0.2) is 60.3 Å². The highest BCUT2D eigenvalue weighted by Crippen LogP contribution is 2.36. The van der Waals surface area contributed by atoms with Crippen LogP contribution in [0.25, 0.3) is 11.3 Å². The van der Waals surface area contributed by atoms with Gasteiger partial charge in [0.05, 0.1) is 0 Å². The summed E-state index contributed by atoms with van der Waals surface area (Å²) in [7, 11) is 0. The van der Waals surface area contributed by atoms with Gasteiger partial charge in [-0.05, 0) is 30.3 Å². The molecule has 0 spiro atoms. The number of nitrogens with one attached hydrogen (secondary N) is 2. The number of anilines is 1. The van der Waals surface area contributed by atoms with Crippen LogP contribution in [0.2, 0.25) is 5.02 Å². The number of para-hydroxylation sites is 1. The summed E-state index contributed by atoms with van der Waals surface area (Å²) in [5.74, 6) is 0.652. The van der Waals surface area contributed by atoms with Gasteiger partial charge in [0.2, 0.25) is 0 Å². The average Bonchev–Trinajstić information content (AvgIpc) is 3.24. The van der Waals surface area contributed by atoms with Crippen molar-refractivity contribution in [3.8, 4) is 17.0 Å². The van der Waals surface area contributed by atoms with Crippen molar-refractivity contribution in [1.82, 2.24) is 20.4 Å². The molecule has 1 amide bonds. The first-order valence-electron chi connectivity index (χ1n) is 10.5. The molecule has 0 saturated carbocycles. The van der Waals surface area contributed by atoms with Gasteiger partial charge in [-0.25, -0.2) is 0 Å². The van der Waals surface area contributed by atoms with Gasteiger partial charge in [0, 0.05) is 61.1 Å². The number of fused-ring (bicyclic) bond motifs is 3. The average molecular weight is 438 g/mol. The van der Waals surface area contributed by atoms with Crippen LogP contribution in [0.1, 0.15) is 16.1 Å². The van der Waals surface area contributed by atoms with Gasteiger partial charge in [-0.15, -0.1) is 0 Å². The molecule has 3 heterocycles. The van der Waals surface area contributed by atoms with Crippen molar-refractivity contribution in [2.24, 2.45) is 0 Å². The first kappa shape index (κ1) is 19.9. The Hall–Kier alpha value is -3.03. The second-order valence-electron chi connectivity index (χ2n) is 7.78. The molecule has 1 aromatic heterocycles. The summed E-state index contributed by atoms with van der Waals surface area (Å²) in [6, 6.07) is 15.7. The van der Waals surface area contributed by atoms with Gasteiger partial charge < -0.3 is 15.0 Å². The van der Waals surface area contributed by atoms with E-state index in [0.29, 0.717) is 18.8 Å². The zero-order valence-corrected chi connectivity index (χ0v) is 17.9. The molecular weight excluding hydrogens is 414 g/mol. The maximum atomic E-state index is 12.7. The molecule has 2 aliphatic rings. The van der Waals surface area contributed by atoms with E-state index in [9.17, 15) is 4.79 Å². The number of rotatable bonds is 5.